The molecule has 1 amide bonds. The largest absolute Gasteiger partial charge is 0.493 e. The fourth-order valence-electron chi connectivity index (χ4n) is 3.27. The third kappa shape index (κ3) is 4.50. The second-order valence-corrected chi connectivity index (χ2v) is 6.74. The molecular weight excluding hydrogens is 402 g/mol. The minimum Gasteiger partial charge on any atom is -0.493 e. The zero-order valence-electron chi connectivity index (χ0n) is 17.7. The van der Waals surface area contributed by atoms with E-state index < -0.39 is 17.9 Å². The van der Waals surface area contributed by atoms with Crippen molar-refractivity contribution in [3.63, 3.8) is 0 Å². The number of carbonyl (C=O) groups is 2. The normalized spacial score (nSPS) is 11.6. The molecule has 0 bridgehead atoms. The van der Waals surface area contributed by atoms with E-state index >= 15 is 0 Å². The van der Waals surface area contributed by atoms with E-state index in [1.165, 1.54) is 28.4 Å². The molecule has 1 atom stereocenters. The van der Waals surface area contributed by atoms with Crippen LogP contribution in [0.4, 0.5) is 0 Å². The molecule has 1 unspecified atom stereocenters. The van der Waals surface area contributed by atoms with Gasteiger partial charge in [0.2, 0.25) is 0 Å². The van der Waals surface area contributed by atoms with Gasteiger partial charge >= 0.3 is 5.97 Å². The number of nitrogens with one attached hydrogen (secondary N) is 1. The number of nitrogens with zero attached hydrogens (tertiary/aromatic N) is 2. The average molecular weight is 425 g/mol. The van der Waals surface area contributed by atoms with Crippen LogP contribution < -0.4 is 20.3 Å². The Hall–Kier alpha value is -3.88. The summed E-state index contributed by atoms with van der Waals surface area (Å²) in [5.41, 5.74) is 0.386. The van der Waals surface area contributed by atoms with Gasteiger partial charge in [-0.3, -0.25) is 14.4 Å². The van der Waals surface area contributed by atoms with Crippen LogP contribution in [0, 0.1) is 0 Å². The molecule has 3 rings (SSSR count). The van der Waals surface area contributed by atoms with E-state index in [0.29, 0.717) is 27.8 Å². The summed E-state index contributed by atoms with van der Waals surface area (Å²) in [5, 5.41) is 7.77. The Morgan fingerprint density at radius 2 is 1.71 bits per heavy atom. The van der Waals surface area contributed by atoms with Crippen molar-refractivity contribution in [2.24, 2.45) is 7.05 Å². The Balaban J connectivity index is 2.02. The van der Waals surface area contributed by atoms with Crippen molar-refractivity contribution in [3.8, 4) is 11.5 Å². The molecule has 1 aromatic heterocycles. The van der Waals surface area contributed by atoms with Crippen LogP contribution in [0.2, 0.25) is 0 Å². The van der Waals surface area contributed by atoms with Gasteiger partial charge < -0.3 is 19.5 Å². The lowest BCUT2D eigenvalue weighted by Crippen LogP contribution is -2.33. The summed E-state index contributed by atoms with van der Waals surface area (Å²) in [7, 11) is 5.77. The number of aromatic nitrogens is 2. The molecule has 0 aliphatic heterocycles. The number of fused-ring (bicyclic) bond motifs is 1. The lowest BCUT2D eigenvalue weighted by molar-refractivity contribution is -0.141. The summed E-state index contributed by atoms with van der Waals surface area (Å²) in [6, 6.07) is 11.1. The standard InChI is InChI=1S/C22H23N3O6/c1-25-22(28)15-8-6-5-7-14(15)20(24-25)21(27)23-16(12-19(26)31-4)13-9-10-17(29-2)18(11-13)30-3/h5-11,16H,12H2,1-4H3,(H,23,27). The second kappa shape index (κ2) is 9.29. The first-order valence-electron chi connectivity index (χ1n) is 9.45. The molecule has 9 nitrogen and oxygen atoms in total. The van der Waals surface area contributed by atoms with Gasteiger partial charge in [-0.1, -0.05) is 24.3 Å². The molecule has 1 heterocycles. The SMILES string of the molecule is COC(=O)CC(NC(=O)c1nn(C)c(=O)c2ccccc12)c1ccc(OC)c(OC)c1. The number of ether oxygens (including phenoxy) is 3. The second-order valence-electron chi connectivity index (χ2n) is 6.74. The molecule has 0 saturated carbocycles. The Bertz CT molecular complexity index is 1190. The molecule has 3 aromatic rings. The van der Waals surface area contributed by atoms with Crippen LogP contribution in [0.1, 0.15) is 28.5 Å². The highest BCUT2D eigenvalue weighted by Crippen LogP contribution is 2.31. The number of esters is 1. The van der Waals surface area contributed by atoms with Gasteiger partial charge in [-0.05, 0) is 23.8 Å². The highest BCUT2D eigenvalue weighted by atomic mass is 16.5. The first kappa shape index (κ1) is 21.8. The zero-order chi connectivity index (χ0) is 22.5. The monoisotopic (exact) mass is 425 g/mol. The fraction of sp³-hybridized carbons (Fsp3) is 0.273. The Labute approximate surface area is 178 Å². The molecule has 0 aliphatic rings. The van der Waals surface area contributed by atoms with Crippen LogP contribution in [0.15, 0.2) is 47.3 Å². The topological polar surface area (TPSA) is 109 Å². The summed E-state index contributed by atoms with van der Waals surface area (Å²) in [6.45, 7) is 0. The van der Waals surface area contributed by atoms with E-state index in [-0.39, 0.29) is 17.7 Å². The van der Waals surface area contributed by atoms with Crippen molar-refractivity contribution in [1.82, 2.24) is 15.1 Å². The summed E-state index contributed by atoms with van der Waals surface area (Å²) < 4.78 is 16.5. The van der Waals surface area contributed by atoms with Crippen molar-refractivity contribution < 1.29 is 23.8 Å². The Kier molecular flexibility index (Phi) is 6.54. The van der Waals surface area contributed by atoms with Crippen LogP contribution in [0.25, 0.3) is 10.8 Å². The van der Waals surface area contributed by atoms with Gasteiger partial charge in [-0.25, -0.2) is 4.68 Å². The number of amides is 1. The maximum Gasteiger partial charge on any atom is 0.307 e. The summed E-state index contributed by atoms with van der Waals surface area (Å²) >= 11 is 0. The lowest BCUT2D eigenvalue weighted by Gasteiger charge is -2.20. The van der Waals surface area contributed by atoms with Crippen LogP contribution in [-0.2, 0) is 16.6 Å². The molecule has 0 saturated heterocycles. The number of carbonyl (C=O) groups excluding carboxylic acids is 2. The number of methoxy groups -OCH3 is 3. The zero-order valence-corrected chi connectivity index (χ0v) is 17.7. The van der Waals surface area contributed by atoms with Crippen LogP contribution in [-0.4, -0.2) is 43.0 Å². The summed E-state index contributed by atoms with van der Waals surface area (Å²) in [5.74, 6) is -0.0660. The molecule has 0 fully saturated rings. The van der Waals surface area contributed by atoms with Crippen molar-refractivity contribution >= 4 is 22.6 Å². The molecule has 31 heavy (non-hydrogen) atoms. The van der Waals surface area contributed by atoms with Crippen molar-refractivity contribution in [2.45, 2.75) is 12.5 Å². The summed E-state index contributed by atoms with van der Waals surface area (Å²) in [4.78, 5) is 37.5. The molecule has 1 N–H and O–H groups in total. The number of aryl methyl sites for hydroxylation is 1. The molecule has 2 aromatic carbocycles. The van der Waals surface area contributed by atoms with E-state index in [0.717, 1.165) is 4.68 Å². The minimum atomic E-state index is -0.724. The fourth-order valence-corrected chi connectivity index (χ4v) is 3.27. The van der Waals surface area contributed by atoms with Crippen LogP contribution >= 0.6 is 0 Å². The third-order valence-electron chi connectivity index (χ3n) is 4.89. The molecule has 0 aliphatic carbocycles. The first-order chi connectivity index (χ1) is 14.9. The number of hydrogen-bond acceptors (Lipinski definition) is 7. The molecule has 162 valence electrons. The van der Waals surface area contributed by atoms with Gasteiger partial charge in [0, 0.05) is 12.4 Å². The van der Waals surface area contributed by atoms with Gasteiger partial charge in [-0.15, -0.1) is 0 Å². The Morgan fingerprint density at radius 1 is 1.03 bits per heavy atom. The van der Waals surface area contributed by atoms with Gasteiger partial charge in [-0.2, -0.15) is 5.10 Å². The minimum absolute atomic E-state index is 0.0769. The maximum absolute atomic E-state index is 13.2. The van der Waals surface area contributed by atoms with Crippen molar-refractivity contribution in [1.29, 1.82) is 0 Å². The molecule has 9 heteroatoms. The quantitative estimate of drug-likeness (QED) is 0.577. The van der Waals surface area contributed by atoms with Crippen molar-refractivity contribution in [2.75, 3.05) is 21.3 Å². The predicted molar refractivity (Wildman–Crippen MR) is 113 cm³/mol. The molecular formula is C22H23N3O6. The van der Waals surface area contributed by atoms with Crippen LogP contribution in [0.5, 0.6) is 11.5 Å². The first-order valence-corrected chi connectivity index (χ1v) is 9.45. The summed E-state index contributed by atoms with van der Waals surface area (Å²) in [6.07, 6.45) is -0.110. The number of benzene rings is 2. The molecule has 0 radical (unpaired) electrons. The van der Waals surface area contributed by atoms with E-state index in [4.69, 9.17) is 14.2 Å². The van der Waals surface area contributed by atoms with E-state index in [1.54, 1.807) is 42.5 Å². The lowest BCUT2D eigenvalue weighted by atomic mass is 10.0. The van der Waals surface area contributed by atoms with Crippen molar-refractivity contribution in [3.05, 3.63) is 64.1 Å². The Morgan fingerprint density at radius 3 is 2.35 bits per heavy atom. The molecule has 0 spiro atoms. The van der Waals surface area contributed by atoms with E-state index in [1.807, 2.05) is 0 Å². The van der Waals surface area contributed by atoms with Gasteiger partial charge in [0.1, 0.15) is 0 Å². The number of rotatable bonds is 7. The maximum atomic E-state index is 13.2. The highest BCUT2D eigenvalue weighted by molar-refractivity contribution is 6.05. The van der Waals surface area contributed by atoms with E-state index in [2.05, 4.69) is 10.4 Å². The van der Waals surface area contributed by atoms with Gasteiger partial charge in [0.05, 0.1) is 39.2 Å². The van der Waals surface area contributed by atoms with Crippen LogP contribution in [0.3, 0.4) is 0 Å². The predicted octanol–water partition coefficient (Wildman–Crippen LogP) is 1.98. The number of hydrogen-bond donors (Lipinski definition) is 1. The third-order valence-corrected chi connectivity index (χ3v) is 4.89. The van der Waals surface area contributed by atoms with E-state index in [9.17, 15) is 14.4 Å². The van der Waals surface area contributed by atoms with Gasteiger partial charge in [0.25, 0.3) is 11.5 Å². The highest BCUT2D eigenvalue weighted by Gasteiger charge is 2.24. The van der Waals surface area contributed by atoms with Gasteiger partial charge in [0.15, 0.2) is 17.2 Å². The average Bonchev–Trinajstić information content (AvgIpc) is 2.80. The smallest absolute Gasteiger partial charge is 0.307 e.